The molecule has 1 amide bonds. The Morgan fingerprint density at radius 3 is 2.92 bits per heavy atom. The second kappa shape index (κ2) is 8.47. The summed E-state index contributed by atoms with van der Waals surface area (Å²) < 4.78 is 1.34. The number of hydrogen-bond donors (Lipinski definition) is 2. The van der Waals surface area contributed by atoms with Gasteiger partial charge in [-0.2, -0.15) is 0 Å². The van der Waals surface area contributed by atoms with Crippen LogP contribution in [-0.2, 0) is 24.2 Å². The molecule has 0 unspecified atom stereocenters. The van der Waals surface area contributed by atoms with Gasteiger partial charge in [0.25, 0.3) is 5.56 Å². The Kier molecular flexibility index (Phi) is 5.84. The van der Waals surface area contributed by atoms with Crippen molar-refractivity contribution < 1.29 is 4.79 Å². The van der Waals surface area contributed by atoms with Gasteiger partial charge < -0.3 is 10.3 Å². The molecule has 136 valence electrons. The van der Waals surface area contributed by atoms with Gasteiger partial charge in [-0.15, -0.1) is 0 Å². The van der Waals surface area contributed by atoms with Crippen LogP contribution in [0.1, 0.15) is 31.0 Å². The highest BCUT2D eigenvalue weighted by atomic mass is 16.2. The smallest absolute Gasteiger partial charge is 0.253 e. The van der Waals surface area contributed by atoms with E-state index in [1.165, 1.54) is 27.9 Å². The number of aromatic nitrogens is 3. The molecular weight excluding hydrogens is 328 g/mol. The van der Waals surface area contributed by atoms with E-state index in [9.17, 15) is 9.59 Å². The molecule has 0 aliphatic heterocycles. The Hall–Kier alpha value is -2.89. The Morgan fingerprint density at radius 1 is 1.27 bits per heavy atom. The van der Waals surface area contributed by atoms with Crippen LogP contribution < -0.4 is 10.9 Å². The molecule has 3 rings (SSSR count). The predicted molar refractivity (Wildman–Crippen MR) is 102 cm³/mol. The van der Waals surface area contributed by atoms with E-state index >= 15 is 0 Å². The molecule has 6 heteroatoms. The minimum atomic E-state index is -0.185. The summed E-state index contributed by atoms with van der Waals surface area (Å²) in [5, 5.41) is 4.04. The lowest BCUT2D eigenvalue weighted by Crippen LogP contribution is -2.33. The van der Waals surface area contributed by atoms with E-state index in [0.29, 0.717) is 6.54 Å². The van der Waals surface area contributed by atoms with Crippen LogP contribution in [0.25, 0.3) is 10.9 Å². The minimum absolute atomic E-state index is 0.00617. The number of benzene rings is 1. The van der Waals surface area contributed by atoms with E-state index in [4.69, 9.17) is 0 Å². The quantitative estimate of drug-likeness (QED) is 0.653. The van der Waals surface area contributed by atoms with E-state index in [1.54, 1.807) is 0 Å². The lowest BCUT2D eigenvalue weighted by Gasteiger charge is -2.08. The van der Waals surface area contributed by atoms with E-state index in [1.807, 2.05) is 24.4 Å². The molecular formula is C20H24N4O2. The third-order valence-corrected chi connectivity index (χ3v) is 4.43. The molecule has 3 aromatic rings. The van der Waals surface area contributed by atoms with Crippen LogP contribution in [0, 0.1) is 0 Å². The highest BCUT2D eigenvalue weighted by Gasteiger charge is 2.07. The van der Waals surface area contributed by atoms with Crippen LogP contribution in [0.4, 0.5) is 0 Å². The number of amides is 1. The summed E-state index contributed by atoms with van der Waals surface area (Å²) in [5.41, 5.74) is 2.86. The zero-order valence-electron chi connectivity index (χ0n) is 15.0. The van der Waals surface area contributed by atoms with Crippen molar-refractivity contribution in [3.63, 3.8) is 0 Å². The fraction of sp³-hybridized carbons (Fsp3) is 0.350. The topological polar surface area (TPSA) is 79.8 Å². The molecule has 0 fully saturated rings. The van der Waals surface area contributed by atoms with Gasteiger partial charge in [0, 0.05) is 35.4 Å². The van der Waals surface area contributed by atoms with Crippen LogP contribution in [-0.4, -0.2) is 27.0 Å². The zero-order chi connectivity index (χ0) is 18.4. The zero-order valence-corrected chi connectivity index (χ0v) is 15.0. The molecule has 2 aromatic heterocycles. The number of rotatable bonds is 8. The molecule has 0 aliphatic rings. The Bertz CT molecular complexity index is 942. The number of aryl methyl sites for hydroxylation is 1. The second-order valence-corrected chi connectivity index (χ2v) is 6.41. The van der Waals surface area contributed by atoms with Crippen LogP contribution in [0.15, 0.2) is 47.7 Å². The lowest BCUT2D eigenvalue weighted by molar-refractivity contribution is -0.121. The van der Waals surface area contributed by atoms with Crippen molar-refractivity contribution in [2.45, 2.75) is 39.2 Å². The van der Waals surface area contributed by atoms with Crippen molar-refractivity contribution in [1.82, 2.24) is 19.9 Å². The average Bonchev–Trinajstić information content (AvgIpc) is 3.05. The molecule has 0 atom stereocenters. The molecule has 1 aromatic carbocycles. The number of nitrogens with one attached hydrogen (secondary N) is 2. The van der Waals surface area contributed by atoms with Crippen LogP contribution >= 0.6 is 0 Å². The maximum atomic E-state index is 12.1. The number of unbranched alkanes of at least 4 members (excludes halogenated alkanes) is 1. The van der Waals surface area contributed by atoms with Gasteiger partial charge in [0.05, 0.1) is 6.33 Å². The van der Waals surface area contributed by atoms with Crippen molar-refractivity contribution in [2.75, 3.05) is 6.54 Å². The molecule has 0 saturated heterocycles. The van der Waals surface area contributed by atoms with Crippen molar-refractivity contribution in [2.24, 2.45) is 0 Å². The van der Waals surface area contributed by atoms with E-state index < -0.39 is 0 Å². The Balaban J connectivity index is 1.52. The molecule has 2 N–H and O–H groups in total. The highest BCUT2D eigenvalue weighted by Crippen LogP contribution is 2.17. The number of carbonyl (C=O) groups is 1. The first-order valence-electron chi connectivity index (χ1n) is 9.04. The first-order valence-corrected chi connectivity index (χ1v) is 9.04. The van der Waals surface area contributed by atoms with E-state index in [2.05, 4.69) is 28.3 Å². The summed E-state index contributed by atoms with van der Waals surface area (Å²) in [6.07, 6.45) is 7.03. The maximum Gasteiger partial charge on any atom is 0.253 e. The fourth-order valence-corrected chi connectivity index (χ4v) is 2.96. The van der Waals surface area contributed by atoms with Crippen molar-refractivity contribution in [1.29, 1.82) is 0 Å². The summed E-state index contributed by atoms with van der Waals surface area (Å²) in [5.74, 6) is -0.185. The summed E-state index contributed by atoms with van der Waals surface area (Å²) >= 11 is 0. The minimum Gasteiger partial charge on any atom is -0.361 e. The first kappa shape index (κ1) is 17.9. The van der Waals surface area contributed by atoms with Gasteiger partial charge in [0.1, 0.15) is 6.54 Å². The SMILES string of the molecule is CCCCc1cc(=O)n(CC(=O)NCCc2c[nH]c3ccccc23)cn1. The van der Waals surface area contributed by atoms with E-state index in [0.717, 1.165) is 36.9 Å². The first-order chi connectivity index (χ1) is 12.7. The monoisotopic (exact) mass is 352 g/mol. The number of aromatic amines is 1. The highest BCUT2D eigenvalue weighted by molar-refractivity contribution is 5.83. The molecule has 0 radical (unpaired) electrons. The normalized spacial score (nSPS) is 11.0. The number of nitrogens with zero attached hydrogens (tertiary/aromatic N) is 2. The molecule has 0 aliphatic carbocycles. The molecule has 6 nitrogen and oxygen atoms in total. The van der Waals surface area contributed by atoms with Gasteiger partial charge in [-0.05, 0) is 30.9 Å². The van der Waals surface area contributed by atoms with Gasteiger partial charge in [-0.1, -0.05) is 31.5 Å². The molecule has 0 spiro atoms. The van der Waals surface area contributed by atoms with Crippen molar-refractivity contribution in [3.8, 4) is 0 Å². The van der Waals surface area contributed by atoms with Gasteiger partial charge in [-0.25, -0.2) is 4.98 Å². The molecule has 2 heterocycles. The van der Waals surface area contributed by atoms with Gasteiger partial charge in [0.2, 0.25) is 5.91 Å². The second-order valence-electron chi connectivity index (χ2n) is 6.41. The predicted octanol–water partition coefficient (Wildman–Crippen LogP) is 2.43. The van der Waals surface area contributed by atoms with Crippen LogP contribution in [0.2, 0.25) is 0 Å². The van der Waals surface area contributed by atoms with E-state index in [-0.39, 0.29) is 18.0 Å². The summed E-state index contributed by atoms with van der Waals surface area (Å²) in [6, 6.07) is 9.61. The number of H-pyrrole nitrogens is 1. The van der Waals surface area contributed by atoms with Gasteiger partial charge in [0.15, 0.2) is 0 Å². The summed E-state index contributed by atoms with van der Waals surface area (Å²) in [4.78, 5) is 31.7. The molecule has 26 heavy (non-hydrogen) atoms. The van der Waals surface area contributed by atoms with Gasteiger partial charge in [-0.3, -0.25) is 14.2 Å². The number of carbonyl (C=O) groups excluding carboxylic acids is 1. The third kappa shape index (κ3) is 4.39. The van der Waals surface area contributed by atoms with Gasteiger partial charge >= 0.3 is 0 Å². The number of fused-ring (bicyclic) bond motifs is 1. The lowest BCUT2D eigenvalue weighted by atomic mass is 10.1. The summed E-state index contributed by atoms with van der Waals surface area (Å²) in [6.45, 7) is 2.62. The molecule has 0 bridgehead atoms. The van der Waals surface area contributed by atoms with Crippen molar-refractivity contribution in [3.05, 3.63) is 64.5 Å². The van der Waals surface area contributed by atoms with Crippen LogP contribution in [0.3, 0.4) is 0 Å². The molecule has 0 saturated carbocycles. The average molecular weight is 352 g/mol. The standard InChI is InChI=1S/C20H24N4O2/c1-2-3-6-16-11-20(26)24(14-23-16)13-19(25)21-10-9-15-12-22-18-8-5-4-7-17(15)18/h4-5,7-8,11-12,14,22H,2-3,6,9-10,13H2,1H3,(H,21,25). The fourth-order valence-electron chi connectivity index (χ4n) is 2.96. The third-order valence-electron chi connectivity index (χ3n) is 4.43. The Labute approximate surface area is 152 Å². The maximum absolute atomic E-state index is 12.1. The largest absolute Gasteiger partial charge is 0.361 e. The Morgan fingerprint density at radius 2 is 2.12 bits per heavy atom. The number of hydrogen-bond acceptors (Lipinski definition) is 3. The van der Waals surface area contributed by atoms with Crippen LogP contribution in [0.5, 0.6) is 0 Å². The van der Waals surface area contributed by atoms with Crippen molar-refractivity contribution >= 4 is 16.8 Å². The number of para-hydroxylation sites is 1. The summed E-state index contributed by atoms with van der Waals surface area (Å²) in [7, 11) is 0.